The number of carbonyl (C=O) groups is 2. The lowest BCUT2D eigenvalue weighted by Crippen LogP contribution is -2.17. The maximum Gasteiger partial charge on any atom is 0.344 e. The Balaban J connectivity index is 1.27. The molecule has 4 aromatic carbocycles. The molecule has 244 valence electrons. The summed E-state index contributed by atoms with van der Waals surface area (Å²) < 4.78 is 43.1. The molecule has 1 aromatic heterocycles. The van der Waals surface area contributed by atoms with Gasteiger partial charge in [-0.05, 0) is 98.1 Å². The van der Waals surface area contributed by atoms with Crippen LogP contribution in [0.1, 0.15) is 34.3 Å². The Morgan fingerprint density at radius 3 is 2.49 bits per heavy atom. The summed E-state index contributed by atoms with van der Waals surface area (Å²) in [6.07, 6.45) is 0.748. The number of halogens is 2. The van der Waals surface area contributed by atoms with Crippen LogP contribution in [0.2, 0.25) is 10.0 Å². The van der Waals surface area contributed by atoms with Crippen LogP contribution in [0.3, 0.4) is 0 Å². The van der Waals surface area contributed by atoms with Crippen LogP contribution < -0.4 is 14.8 Å². The van der Waals surface area contributed by atoms with Crippen LogP contribution in [0.5, 0.6) is 11.5 Å². The van der Waals surface area contributed by atoms with Crippen LogP contribution in [0.15, 0.2) is 89.8 Å². The SMILES string of the molecule is CCOC(=O)COc1ccc(CCCS(=O)(=O)c2ccc(Cl)cc2)cc1NC(=O)c1cccc(OCc2nc3ccc(Cl)cc3s2)c1. The van der Waals surface area contributed by atoms with Crippen molar-refractivity contribution in [2.75, 3.05) is 24.3 Å². The third kappa shape index (κ3) is 9.45. The molecule has 0 radical (unpaired) electrons. The molecule has 0 aliphatic heterocycles. The molecule has 13 heteroatoms. The monoisotopic (exact) mass is 712 g/mol. The van der Waals surface area contributed by atoms with Crippen LogP contribution >= 0.6 is 34.5 Å². The van der Waals surface area contributed by atoms with Gasteiger partial charge in [-0.15, -0.1) is 11.3 Å². The smallest absolute Gasteiger partial charge is 0.344 e. The summed E-state index contributed by atoms with van der Waals surface area (Å²) in [4.78, 5) is 30.1. The number of esters is 1. The molecule has 5 rings (SSSR count). The summed E-state index contributed by atoms with van der Waals surface area (Å²) in [7, 11) is -3.50. The van der Waals surface area contributed by atoms with Crippen LogP contribution in [-0.4, -0.2) is 44.2 Å². The highest BCUT2D eigenvalue weighted by atomic mass is 35.5. The van der Waals surface area contributed by atoms with Crippen LogP contribution in [0.25, 0.3) is 10.2 Å². The number of amides is 1. The molecule has 1 N–H and O–H groups in total. The molecule has 0 spiro atoms. The molecule has 1 amide bonds. The maximum absolute atomic E-state index is 13.4. The fourth-order valence-corrected chi connectivity index (χ4v) is 7.19. The molecule has 0 unspecified atom stereocenters. The number of hydrogen-bond acceptors (Lipinski definition) is 9. The summed E-state index contributed by atoms with van der Waals surface area (Å²) in [5.74, 6) is -0.331. The third-order valence-corrected chi connectivity index (χ3v) is 10.1. The Bertz CT molecular complexity index is 2000. The van der Waals surface area contributed by atoms with E-state index in [1.807, 2.05) is 12.1 Å². The maximum atomic E-state index is 13.4. The minimum absolute atomic E-state index is 0.0744. The van der Waals surface area contributed by atoms with Gasteiger partial charge in [-0.1, -0.05) is 35.3 Å². The fraction of sp³-hybridized carbons (Fsp3) is 0.206. The highest BCUT2D eigenvalue weighted by Crippen LogP contribution is 2.29. The van der Waals surface area contributed by atoms with Crippen molar-refractivity contribution in [2.24, 2.45) is 0 Å². The van der Waals surface area contributed by atoms with E-state index >= 15 is 0 Å². The predicted octanol–water partition coefficient (Wildman–Crippen LogP) is 7.78. The van der Waals surface area contributed by atoms with Gasteiger partial charge in [0.25, 0.3) is 5.91 Å². The van der Waals surface area contributed by atoms with E-state index in [9.17, 15) is 18.0 Å². The predicted molar refractivity (Wildman–Crippen MR) is 184 cm³/mol. The molecule has 47 heavy (non-hydrogen) atoms. The standard InChI is InChI=1S/C34H30Cl2N2O7S2/c1-2-43-33(39)21-45-30-15-8-22(5-4-16-47(41,42)27-12-9-24(35)10-13-27)17-29(30)38-34(40)23-6-3-7-26(18-23)44-20-32-37-28-14-11-25(36)19-31(28)46-32/h3,6-15,17-19H,2,4-5,16,20-21H2,1H3,(H,38,40). The summed E-state index contributed by atoms with van der Waals surface area (Å²) in [5.41, 5.74) is 2.24. The van der Waals surface area contributed by atoms with Gasteiger partial charge in [0.15, 0.2) is 16.4 Å². The molecular formula is C34H30Cl2N2O7S2. The van der Waals surface area contributed by atoms with Crippen molar-refractivity contribution >= 4 is 72.2 Å². The Morgan fingerprint density at radius 1 is 0.915 bits per heavy atom. The van der Waals surface area contributed by atoms with Gasteiger partial charge < -0.3 is 19.5 Å². The lowest BCUT2D eigenvalue weighted by atomic mass is 10.1. The number of hydrogen-bond donors (Lipinski definition) is 1. The van der Waals surface area contributed by atoms with Crippen molar-refractivity contribution in [2.45, 2.75) is 31.3 Å². The van der Waals surface area contributed by atoms with Crippen LogP contribution in [0.4, 0.5) is 5.69 Å². The molecule has 0 saturated carbocycles. The molecule has 0 saturated heterocycles. The Morgan fingerprint density at radius 2 is 1.70 bits per heavy atom. The fourth-order valence-electron chi connectivity index (χ4n) is 4.60. The molecular weight excluding hydrogens is 683 g/mol. The van der Waals surface area contributed by atoms with Crippen molar-refractivity contribution in [3.63, 3.8) is 0 Å². The zero-order valence-corrected chi connectivity index (χ0v) is 28.3. The number of fused-ring (bicyclic) bond motifs is 1. The van der Waals surface area contributed by atoms with E-state index in [0.717, 1.165) is 20.8 Å². The van der Waals surface area contributed by atoms with Crippen molar-refractivity contribution < 1.29 is 32.2 Å². The Hall–Kier alpha value is -4.16. The van der Waals surface area contributed by atoms with E-state index < -0.39 is 21.7 Å². The first-order valence-corrected chi connectivity index (χ1v) is 17.8. The van der Waals surface area contributed by atoms with Crippen LogP contribution in [-0.2, 0) is 32.4 Å². The highest BCUT2D eigenvalue weighted by molar-refractivity contribution is 7.91. The number of thiazole rings is 1. The van der Waals surface area contributed by atoms with Gasteiger partial charge in [0, 0.05) is 15.6 Å². The Kier molecular flexibility index (Phi) is 11.4. The molecule has 9 nitrogen and oxygen atoms in total. The summed E-state index contributed by atoms with van der Waals surface area (Å²) in [5, 5.41) is 4.71. The molecule has 0 aliphatic carbocycles. The van der Waals surface area contributed by atoms with Gasteiger partial charge in [-0.25, -0.2) is 18.2 Å². The van der Waals surface area contributed by atoms with Crippen molar-refractivity contribution in [3.05, 3.63) is 111 Å². The summed E-state index contributed by atoms with van der Waals surface area (Å²) in [6, 6.07) is 23.3. The quantitative estimate of drug-likeness (QED) is 0.116. The Labute approximate surface area is 286 Å². The first kappa shape index (κ1) is 34.2. The second-order valence-electron chi connectivity index (χ2n) is 10.3. The van der Waals surface area contributed by atoms with Gasteiger partial charge in [0.2, 0.25) is 0 Å². The second kappa shape index (κ2) is 15.6. The zero-order valence-electron chi connectivity index (χ0n) is 25.2. The second-order valence-corrected chi connectivity index (χ2v) is 14.4. The number of aromatic nitrogens is 1. The average Bonchev–Trinajstić information content (AvgIpc) is 3.46. The van der Waals surface area contributed by atoms with Gasteiger partial charge in [0.05, 0.1) is 33.2 Å². The van der Waals surface area contributed by atoms with Gasteiger partial charge in [0.1, 0.15) is 23.1 Å². The van der Waals surface area contributed by atoms with Gasteiger partial charge >= 0.3 is 5.97 Å². The number of ether oxygens (including phenoxy) is 3. The number of benzene rings is 4. The largest absolute Gasteiger partial charge is 0.486 e. The third-order valence-electron chi connectivity index (χ3n) is 6.85. The molecule has 5 aromatic rings. The topological polar surface area (TPSA) is 121 Å². The molecule has 0 bridgehead atoms. The summed E-state index contributed by atoms with van der Waals surface area (Å²) in [6.45, 7) is 1.76. The number of sulfone groups is 1. The zero-order chi connectivity index (χ0) is 33.4. The van der Waals surface area contributed by atoms with Crippen molar-refractivity contribution in [1.82, 2.24) is 4.98 Å². The van der Waals surface area contributed by atoms with E-state index in [1.54, 1.807) is 67.6 Å². The first-order chi connectivity index (χ1) is 22.6. The molecule has 1 heterocycles. The molecule has 0 fully saturated rings. The number of aryl methyl sites for hydroxylation is 1. The van der Waals surface area contributed by atoms with Gasteiger partial charge in [-0.2, -0.15) is 0 Å². The van der Waals surface area contributed by atoms with Gasteiger partial charge in [-0.3, -0.25) is 4.79 Å². The van der Waals surface area contributed by atoms with Crippen molar-refractivity contribution in [1.29, 1.82) is 0 Å². The molecule has 0 atom stereocenters. The minimum atomic E-state index is -3.50. The normalized spacial score (nSPS) is 11.3. The lowest BCUT2D eigenvalue weighted by Gasteiger charge is -2.15. The summed E-state index contributed by atoms with van der Waals surface area (Å²) >= 11 is 13.5. The van der Waals surface area contributed by atoms with E-state index in [0.29, 0.717) is 39.9 Å². The van der Waals surface area contributed by atoms with E-state index in [2.05, 4.69) is 10.3 Å². The number of nitrogens with zero attached hydrogens (tertiary/aromatic N) is 1. The van der Waals surface area contributed by atoms with Crippen LogP contribution in [0, 0.1) is 0 Å². The number of carbonyl (C=O) groups excluding carboxylic acids is 2. The van der Waals surface area contributed by atoms with Crippen molar-refractivity contribution in [3.8, 4) is 11.5 Å². The first-order valence-electron chi connectivity index (χ1n) is 14.6. The highest BCUT2D eigenvalue weighted by Gasteiger charge is 2.17. The van der Waals surface area contributed by atoms with E-state index in [1.165, 1.54) is 23.5 Å². The number of nitrogens with one attached hydrogen (secondary N) is 1. The average molecular weight is 714 g/mol. The van der Waals surface area contributed by atoms with E-state index in [-0.39, 0.29) is 36.2 Å². The number of rotatable bonds is 14. The number of anilines is 1. The molecule has 0 aliphatic rings. The minimum Gasteiger partial charge on any atom is -0.486 e. The van der Waals surface area contributed by atoms with E-state index in [4.69, 9.17) is 37.4 Å². The lowest BCUT2D eigenvalue weighted by molar-refractivity contribution is -0.145.